The number of rotatable bonds is 7. The molecule has 0 fully saturated rings. The van der Waals surface area contributed by atoms with Crippen molar-refractivity contribution in [2.24, 2.45) is 17.3 Å². The molecular weight excluding hydrogens is 422 g/mol. The number of para-hydroxylation sites is 1. The molecule has 0 bridgehead atoms. The largest absolute Gasteiger partial charge is 0.493 e. The van der Waals surface area contributed by atoms with Gasteiger partial charge in [0.1, 0.15) is 10.8 Å². The number of hydrogen-bond acceptors (Lipinski definition) is 5. The number of amides is 1. The predicted molar refractivity (Wildman–Crippen MR) is 130 cm³/mol. The van der Waals surface area contributed by atoms with E-state index in [1.54, 1.807) is 6.07 Å². The number of carbonyl (C=O) groups is 2. The Morgan fingerprint density at radius 3 is 2.59 bits per heavy atom. The van der Waals surface area contributed by atoms with E-state index in [-0.39, 0.29) is 11.3 Å². The summed E-state index contributed by atoms with van der Waals surface area (Å²) in [5.74, 6) is 0.944. The summed E-state index contributed by atoms with van der Waals surface area (Å²) in [6, 6.07) is 7.24. The standard InChI is InChI=1S/C26H35NO4S/c1-16(2)13-14-31-20-10-8-7-9-18(20)23(28)27-24-22(25(29)30-6)19-12-11-17(26(3,4)5)15-21(19)32-24/h7-10,16-17H,11-15H2,1-6H3,(H,27,28). The zero-order valence-electron chi connectivity index (χ0n) is 20.0. The molecular formula is C26H35NO4S. The van der Waals surface area contributed by atoms with Gasteiger partial charge in [-0.1, -0.05) is 46.8 Å². The minimum absolute atomic E-state index is 0.197. The van der Waals surface area contributed by atoms with Crippen molar-refractivity contribution in [1.29, 1.82) is 0 Å². The first-order valence-electron chi connectivity index (χ1n) is 11.4. The summed E-state index contributed by atoms with van der Waals surface area (Å²) in [4.78, 5) is 27.0. The maximum atomic E-state index is 13.2. The molecule has 2 aromatic rings. The smallest absolute Gasteiger partial charge is 0.341 e. The van der Waals surface area contributed by atoms with Crippen molar-refractivity contribution >= 4 is 28.2 Å². The van der Waals surface area contributed by atoms with E-state index in [4.69, 9.17) is 9.47 Å². The number of ether oxygens (including phenoxy) is 2. The van der Waals surface area contributed by atoms with Gasteiger partial charge in [0.25, 0.3) is 5.91 Å². The van der Waals surface area contributed by atoms with E-state index < -0.39 is 5.97 Å². The molecule has 1 aromatic carbocycles. The summed E-state index contributed by atoms with van der Waals surface area (Å²) < 4.78 is 11.0. The second-order valence-corrected chi connectivity index (χ2v) is 11.1. The second-order valence-electron chi connectivity index (χ2n) is 9.99. The molecule has 0 saturated carbocycles. The average molecular weight is 458 g/mol. The molecule has 1 aliphatic carbocycles. The zero-order chi connectivity index (χ0) is 23.5. The number of esters is 1. The molecule has 3 rings (SSSR count). The molecule has 5 nitrogen and oxygen atoms in total. The Balaban J connectivity index is 1.87. The number of hydrogen-bond donors (Lipinski definition) is 1. The lowest BCUT2D eigenvalue weighted by Crippen LogP contribution is -2.26. The number of anilines is 1. The van der Waals surface area contributed by atoms with Crippen LogP contribution in [0.3, 0.4) is 0 Å². The Hall–Kier alpha value is -2.34. The number of thiophene rings is 1. The molecule has 6 heteroatoms. The van der Waals surface area contributed by atoms with Gasteiger partial charge in [0, 0.05) is 4.88 Å². The molecule has 1 N–H and O–H groups in total. The van der Waals surface area contributed by atoms with Crippen molar-refractivity contribution in [1.82, 2.24) is 0 Å². The van der Waals surface area contributed by atoms with Crippen LogP contribution in [0.25, 0.3) is 0 Å². The first kappa shape index (κ1) is 24.3. The number of benzene rings is 1. The van der Waals surface area contributed by atoms with Gasteiger partial charge in [-0.15, -0.1) is 11.3 Å². The van der Waals surface area contributed by atoms with Crippen molar-refractivity contribution in [3.05, 3.63) is 45.8 Å². The molecule has 1 aliphatic rings. The molecule has 0 radical (unpaired) electrons. The highest BCUT2D eigenvalue weighted by molar-refractivity contribution is 7.17. The minimum Gasteiger partial charge on any atom is -0.493 e. The third-order valence-electron chi connectivity index (χ3n) is 6.19. The molecule has 1 atom stereocenters. The van der Waals surface area contributed by atoms with E-state index in [0.717, 1.165) is 31.2 Å². The molecule has 32 heavy (non-hydrogen) atoms. The third-order valence-corrected chi connectivity index (χ3v) is 7.36. The molecule has 0 spiro atoms. The van der Waals surface area contributed by atoms with Gasteiger partial charge in [-0.05, 0) is 60.6 Å². The van der Waals surface area contributed by atoms with Gasteiger partial charge in [0.05, 0.1) is 24.8 Å². The highest BCUT2D eigenvalue weighted by Crippen LogP contribution is 2.44. The average Bonchev–Trinajstić information content (AvgIpc) is 3.09. The molecule has 1 amide bonds. The summed E-state index contributed by atoms with van der Waals surface area (Å²) in [6.07, 6.45) is 3.67. The van der Waals surface area contributed by atoms with E-state index in [2.05, 4.69) is 39.9 Å². The maximum Gasteiger partial charge on any atom is 0.341 e. The van der Waals surface area contributed by atoms with Crippen LogP contribution in [0.1, 0.15) is 78.6 Å². The molecule has 0 saturated heterocycles. The van der Waals surface area contributed by atoms with Crippen LogP contribution in [-0.4, -0.2) is 25.6 Å². The Kier molecular flexibility index (Phi) is 7.65. The van der Waals surface area contributed by atoms with Gasteiger partial charge >= 0.3 is 5.97 Å². The number of carbonyl (C=O) groups excluding carboxylic acids is 2. The number of fused-ring (bicyclic) bond motifs is 1. The fourth-order valence-electron chi connectivity index (χ4n) is 4.09. The molecule has 1 unspecified atom stereocenters. The van der Waals surface area contributed by atoms with Crippen molar-refractivity contribution in [2.45, 2.75) is 60.3 Å². The van der Waals surface area contributed by atoms with Crippen LogP contribution in [0.2, 0.25) is 0 Å². The van der Waals surface area contributed by atoms with E-state index >= 15 is 0 Å². The van der Waals surface area contributed by atoms with Crippen molar-refractivity contribution in [2.75, 3.05) is 19.0 Å². The molecule has 1 aromatic heterocycles. The van der Waals surface area contributed by atoms with Gasteiger partial charge in [0.15, 0.2) is 0 Å². The van der Waals surface area contributed by atoms with Crippen molar-refractivity contribution < 1.29 is 19.1 Å². The monoisotopic (exact) mass is 457 g/mol. The summed E-state index contributed by atoms with van der Waals surface area (Å²) in [7, 11) is 1.39. The van der Waals surface area contributed by atoms with Crippen LogP contribution in [0, 0.1) is 17.3 Å². The van der Waals surface area contributed by atoms with E-state index in [1.807, 2.05) is 18.2 Å². The fourth-order valence-corrected chi connectivity index (χ4v) is 5.40. The first-order chi connectivity index (χ1) is 15.1. The van der Waals surface area contributed by atoms with Crippen LogP contribution in [0.4, 0.5) is 5.00 Å². The third kappa shape index (κ3) is 5.52. The van der Waals surface area contributed by atoms with Crippen LogP contribution < -0.4 is 10.1 Å². The van der Waals surface area contributed by atoms with Crippen LogP contribution in [0.15, 0.2) is 24.3 Å². The topological polar surface area (TPSA) is 64.6 Å². The lowest BCUT2D eigenvalue weighted by atomic mass is 9.72. The lowest BCUT2D eigenvalue weighted by Gasteiger charge is -2.33. The summed E-state index contributed by atoms with van der Waals surface area (Å²) in [6.45, 7) is 11.6. The number of methoxy groups -OCH3 is 1. The normalized spacial score (nSPS) is 15.9. The van der Waals surface area contributed by atoms with Crippen molar-refractivity contribution in [3.8, 4) is 5.75 Å². The molecule has 0 aliphatic heterocycles. The van der Waals surface area contributed by atoms with Gasteiger partial charge in [-0.25, -0.2) is 4.79 Å². The number of nitrogens with one attached hydrogen (secondary N) is 1. The summed E-state index contributed by atoms with van der Waals surface area (Å²) in [5, 5.41) is 3.56. The molecule has 174 valence electrons. The Morgan fingerprint density at radius 1 is 1.22 bits per heavy atom. The first-order valence-corrected chi connectivity index (χ1v) is 12.2. The maximum absolute atomic E-state index is 13.2. The fraction of sp³-hybridized carbons (Fsp3) is 0.538. The van der Waals surface area contributed by atoms with Gasteiger partial charge in [-0.3, -0.25) is 4.79 Å². The van der Waals surface area contributed by atoms with Crippen molar-refractivity contribution in [3.63, 3.8) is 0 Å². The van der Waals surface area contributed by atoms with E-state index in [0.29, 0.717) is 40.3 Å². The highest BCUT2D eigenvalue weighted by Gasteiger charge is 2.34. The van der Waals surface area contributed by atoms with Gasteiger partial charge in [-0.2, -0.15) is 0 Å². The SMILES string of the molecule is COC(=O)c1c(NC(=O)c2ccccc2OCCC(C)C)sc2c1CCC(C(C)(C)C)C2. The van der Waals surface area contributed by atoms with E-state index in [1.165, 1.54) is 23.3 Å². The highest BCUT2D eigenvalue weighted by atomic mass is 32.1. The predicted octanol–water partition coefficient (Wildman–Crippen LogP) is 6.36. The zero-order valence-corrected chi connectivity index (χ0v) is 20.9. The summed E-state index contributed by atoms with van der Waals surface area (Å²) in [5.41, 5.74) is 2.19. The Morgan fingerprint density at radius 2 is 1.94 bits per heavy atom. The summed E-state index contributed by atoms with van der Waals surface area (Å²) >= 11 is 1.50. The minimum atomic E-state index is -0.395. The lowest BCUT2D eigenvalue weighted by molar-refractivity contribution is 0.0600. The molecule has 1 heterocycles. The quantitative estimate of drug-likeness (QED) is 0.491. The second kappa shape index (κ2) is 10.1. The van der Waals surface area contributed by atoms with Gasteiger partial charge in [0.2, 0.25) is 0 Å². The van der Waals surface area contributed by atoms with Crippen LogP contribution in [0.5, 0.6) is 5.75 Å². The van der Waals surface area contributed by atoms with E-state index in [9.17, 15) is 9.59 Å². The van der Waals surface area contributed by atoms with Crippen LogP contribution in [-0.2, 0) is 17.6 Å². The Labute approximate surface area is 195 Å². The van der Waals surface area contributed by atoms with Gasteiger partial charge < -0.3 is 14.8 Å². The van der Waals surface area contributed by atoms with Crippen LogP contribution >= 0.6 is 11.3 Å². The Bertz CT molecular complexity index is 971.